The van der Waals surface area contributed by atoms with Gasteiger partial charge in [-0.15, -0.1) is 0 Å². The van der Waals surface area contributed by atoms with E-state index in [1.807, 2.05) is 13.8 Å². The maximum Gasteiger partial charge on any atom is 0.307 e. The number of hydrogen-bond acceptors (Lipinski definition) is 40. The van der Waals surface area contributed by atoms with E-state index in [0.29, 0.717) is 255 Å². The molecule has 1 unspecified atom stereocenters. The normalized spacial score (nSPS) is 11.9. The minimum Gasteiger partial charge on any atom is -0.469 e. The standard InChI is InChI=1S/C17H35NO4.C15H29NO4.C15H31NO4.C14H29NO4.C13H27NO4.C12H25NO4.C11H23NO4.C10H21NO4/c1-5-7-8-16(6-2)15-22-17(19)9-10-18(11-13-20-3)12-14-21-4;1-18-12-10-16(11-13-19-2)9-8-15(17)20-14-6-4-3-5-7-14;1-4-5-6-7-12-20-15(17)8-9-16(10-13-18-2)11-14-19-3;1-4-5-6-11-19-14(16)7-8-15(9-12-17-2)10-13-18-3;1-4-5-10-18-13(15)6-7-14(8-11-16-2)9-12-17-3;1-4-9-17-12(14)5-6-13(7-10-15-2)8-11-16-3;1-4-16-11(13)5-6-12(7-9-14-2)8-10-15-3;1-13-8-6-11(7-9-14-2)5-4-10(12)15-3/h16H,5-15H2,1-4H3;14H,3-13H2,1-2H3;4-14H2,1-3H3;4-13H2,1-3H3;4-12H2,1-3H3;4-11H2,1-3H3;4-10H2,1-3H3;4-9H2,1-3H3. The molecule has 0 aromatic heterocycles. The molecule has 1 aliphatic carbocycles. The van der Waals surface area contributed by atoms with Gasteiger partial charge in [0.15, 0.2) is 0 Å². The maximum absolute atomic E-state index is 11.9. The van der Waals surface area contributed by atoms with E-state index in [-0.39, 0.29) is 53.9 Å². The van der Waals surface area contributed by atoms with Crippen molar-refractivity contribution in [2.75, 3.05) is 423 Å². The predicted molar refractivity (Wildman–Crippen MR) is 577 cm³/mol. The highest BCUT2D eigenvalue weighted by atomic mass is 16.6. The summed E-state index contributed by atoms with van der Waals surface area (Å²) in [6, 6.07) is 0. The van der Waals surface area contributed by atoms with Crippen molar-refractivity contribution in [3.8, 4) is 0 Å². The second-order valence-electron chi connectivity index (χ2n) is 34.9. The van der Waals surface area contributed by atoms with E-state index in [4.69, 9.17) is 109 Å². The Balaban J connectivity index is -0.000000306. The summed E-state index contributed by atoms with van der Waals surface area (Å²) in [7, 11) is 28.2. The van der Waals surface area contributed by atoms with Crippen molar-refractivity contribution in [2.24, 2.45) is 5.92 Å². The molecule has 0 aromatic carbocycles. The molecule has 0 aromatic rings. The topological polar surface area (TPSA) is 384 Å². The van der Waals surface area contributed by atoms with E-state index in [1.165, 1.54) is 52.1 Å². The Morgan fingerprint density at radius 1 is 0.211 bits per heavy atom. The van der Waals surface area contributed by atoms with Crippen molar-refractivity contribution in [2.45, 2.75) is 228 Å². The van der Waals surface area contributed by atoms with Gasteiger partial charge in [0.05, 0.1) is 204 Å². The summed E-state index contributed by atoms with van der Waals surface area (Å²) in [6.07, 6.45) is 24.5. The molecular weight excluding hydrogens is 1910 g/mol. The van der Waals surface area contributed by atoms with E-state index >= 15 is 0 Å². The van der Waals surface area contributed by atoms with Crippen LogP contribution in [0.2, 0.25) is 0 Å². The number of rotatable bonds is 94. The van der Waals surface area contributed by atoms with Crippen LogP contribution in [0.1, 0.15) is 222 Å². The van der Waals surface area contributed by atoms with Crippen LogP contribution < -0.4 is 0 Å². The van der Waals surface area contributed by atoms with Gasteiger partial charge < -0.3 is 114 Å². The van der Waals surface area contributed by atoms with Gasteiger partial charge in [-0.2, -0.15) is 0 Å². The van der Waals surface area contributed by atoms with Gasteiger partial charge in [-0.1, -0.05) is 106 Å². The third-order valence-electron chi connectivity index (χ3n) is 22.8. The first-order valence-corrected chi connectivity index (χ1v) is 54.2. The van der Waals surface area contributed by atoms with Crippen molar-refractivity contribution in [3.63, 3.8) is 0 Å². The Kier molecular flexibility index (Phi) is 136. The molecule has 1 fully saturated rings. The number of carbonyl (C=O) groups excluding carboxylic acids is 8. The quantitative estimate of drug-likeness (QED) is 0.0310. The van der Waals surface area contributed by atoms with Crippen LogP contribution in [0.4, 0.5) is 0 Å². The third kappa shape index (κ3) is 123. The molecule has 1 atom stereocenters. The first-order valence-electron chi connectivity index (χ1n) is 54.2. The van der Waals surface area contributed by atoms with Crippen molar-refractivity contribution in [3.05, 3.63) is 0 Å². The molecule has 0 radical (unpaired) electrons. The maximum atomic E-state index is 11.9. The van der Waals surface area contributed by atoms with Gasteiger partial charge in [0.2, 0.25) is 0 Å². The van der Waals surface area contributed by atoms with Gasteiger partial charge in [-0.25, -0.2) is 0 Å². The van der Waals surface area contributed by atoms with Crippen LogP contribution in [0.5, 0.6) is 0 Å². The number of unbranched alkanes of at least 4 members (excludes halogenated alkanes) is 7. The smallest absolute Gasteiger partial charge is 0.307 e. The minimum atomic E-state index is -0.185. The summed E-state index contributed by atoms with van der Waals surface area (Å²) in [5.74, 6) is -0.488. The number of nitrogens with zero attached hydrogens (tertiary/aromatic N) is 8. The van der Waals surface area contributed by atoms with Crippen LogP contribution in [0.3, 0.4) is 0 Å². The van der Waals surface area contributed by atoms with Gasteiger partial charge >= 0.3 is 47.8 Å². The predicted octanol–water partition coefficient (Wildman–Crippen LogP) is 11.3. The minimum absolute atomic E-state index is 0.0725. The number of methoxy groups -OCH3 is 17. The monoisotopic (exact) mass is 2130 g/mol. The molecule has 0 amide bonds. The second kappa shape index (κ2) is 129. The lowest BCUT2D eigenvalue weighted by molar-refractivity contribution is -0.151. The molecule has 1 saturated carbocycles. The molecule has 0 bridgehead atoms. The number of ether oxygens (including phenoxy) is 24. The van der Waals surface area contributed by atoms with Crippen molar-refractivity contribution < 1.29 is 152 Å². The molecule has 40 nitrogen and oxygen atoms in total. The van der Waals surface area contributed by atoms with E-state index in [0.717, 1.165) is 182 Å². The summed E-state index contributed by atoms with van der Waals surface area (Å²) in [5, 5.41) is 0. The van der Waals surface area contributed by atoms with Crippen LogP contribution >= 0.6 is 0 Å². The first-order chi connectivity index (χ1) is 71.4. The molecule has 880 valence electrons. The Labute approximate surface area is 892 Å². The zero-order chi connectivity index (χ0) is 111. The van der Waals surface area contributed by atoms with Crippen molar-refractivity contribution >= 4 is 47.8 Å². The zero-order valence-corrected chi connectivity index (χ0v) is 97.4. The molecule has 0 heterocycles. The highest BCUT2D eigenvalue weighted by Gasteiger charge is 2.21. The summed E-state index contributed by atoms with van der Waals surface area (Å²) >= 11 is 0. The van der Waals surface area contributed by atoms with Crippen molar-refractivity contribution in [1.29, 1.82) is 0 Å². The second-order valence-corrected chi connectivity index (χ2v) is 34.9. The highest BCUT2D eigenvalue weighted by Crippen LogP contribution is 2.21. The molecule has 1 aliphatic rings. The van der Waals surface area contributed by atoms with E-state index in [9.17, 15) is 38.4 Å². The summed E-state index contributed by atoms with van der Waals surface area (Å²) < 4.78 is 122. The van der Waals surface area contributed by atoms with E-state index in [2.05, 4.69) is 78.6 Å². The molecular formula is C107H220N8O32. The Hall–Kier alpha value is -5.20. The zero-order valence-electron chi connectivity index (χ0n) is 97.4. The molecule has 40 heteroatoms. The third-order valence-corrected chi connectivity index (χ3v) is 22.8. The molecule has 1 rings (SSSR count). The lowest BCUT2D eigenvalue weighted by Gasteiger charge is -2.24. The van der Waals surface area contributed by atoms with Gasteiger partial charge in [0.25, 0.3) is 0 Å². The highest BCUT2D eigenvalue weighted by molar-refractivity contribution is 5.72. The fourth-order valence-corrected chi connectivity index (χ4v) is 13.2. The van der Waals surface area contributed by atoms with Gasteiger partial charge in [-0.05, 0) is 70.6 Å². The average Bonchev–Trinajstić information content (AvgIpc) is 0.928. The Bertz CT molecular complexity index is 2660. The molecule has 0 aliphatic heterocycles. The molecule has 147 heavy (non-hydrogen) atoms. The van der Waals surface area contributed by atoms with E-state index < -0.39 is 0 Å². The molecule has 0 saturated heterocycles. The molecule has 0 N–H and O–H groups in total. The number of carbonyl (C=O) groups is 8. The largest absolute Gasteiger partial charge is 0.469 e. The molecule has 0 spiro atoms. The van der Waals surface area contributed by atoms with Gasteiger partial charge in [0.1, 0.15) is 6.10 Å². The Morgan fingerprint density at radius 2 is 0.429 bits per heavy atom. The fraction of sp³-hybridized carbons (Fsp3) is 0.925. The van der Waals surface area contributed by atoms with Crippen LogP contribution in [0.25, 0.3) is 0 Å². The Morgan fingerprint density at radius 3 is 0.660 bits per heavy atom. The van der Waals surface area contributed by atoms with Crippen LogP contribution in [-0.2, 0) is 152 Å². The number of esters is 8. The summed E-state index contributed by atoms with van der Waals surface area (Å²) in [5.41, 5.74) is 0. The fourth-order valence-electron chi connectivity index (χ4n) is 13.2. The SMILES string of the molecule is CCCCC(CC)COC(=O)CCN(CCOC)CCOC.CCCCCCOC(=O)CCN(CCOC)CCOC.CCCCCOC(=O)CCN(CCOC)CCOC.CCCCOC(=O)CCN(CCOC)CCOC.CCCOC(=O)CCN(CCOC)CCOC.CCOC(=O)CCN(CCOC)CCOC.COCCN(CCOC)CCC(=O)OC.COCCN(CCOC)CCC(=O)OC1CCCCC1. The summed E-state index contributed by atoms with van der Waals surface area (Å²) in [4.78, 5) is 109. The van der Waals surface area contributed by atoms with Crippen LogP contribution in [-0.4, -0.2) is 516 Å². The van der Waals surface area contributed by atoms with E-state index in [1.54, 1.807) is 114 Å². The van der Waals surface area contributed by atoms with Gasteiger partial charge in [0, 0.05) is 271 Å². The van der Waals surface area contributed by atoms with Crippen LogP contribution in [0.15, 0.2) is 0 Å². The number of hydrogen-bond donors (Lipinski definition) is 0. The van der Waals surface area contributed by atoms with Crippen molar-refractivity contribution in [1.82, 2.24) is 39.2 Å². The van der Waals surface area contributed by atoms with Crippen LogP contribution in [0, 0.1) is 5.92 Å². The lowest BCUT2D eigenvalue weighted by atomic mass is 9.98. The lowest BCUT2D eigenvalue weighted by Crippen LogP contribution is -2.33. The summed E-state index contributed by atoms with van der Waals surface area (Å²) in [6.45, 7) is 46.7. The first kappa shape index (κ1) is 155. The average molecular weight is 2130 g/mol. The van der Waals surface area contributed by atoms with Gasteiger partial charge in [-0.3, -0.25) is 77.6 Å².